The number of anilines is 1. The molecule has 2 aromatic carbocycles. The van der Waals surface area contributed by atoms with Gasteiger partial charge in [0.25, 0.3) is 0 Å². The zero-order valence-electron chi connectivity index (χ0n) is 19.9. The highest BCUT2D eigenvalue weighted by molar-refractivity contribution is 6.30. The highest BCUT2D eigenvalue weighted by atomic mass is 35.5. The molecule has 4 rings (SSSR count). The summed E-state index contributed by atoms with van der Waals surface area (Å²) in [6, 6.07) is 18.0. The standard InChI is InChI=1S/C27H32ClN5O/c1-3-4-14-29-27(34)33-17-15-32(16-18-33)26-24(19-21-10-12-23(28)13-11-21)20(2)30-25(31-26)22-8-6-5-7-9-22/h5-13H,3-4,14-19H2,1-2H3,(H,29,34). The number of unbranched alkanes of at least 4 members (excludes halogenated alkanes) is 1. The van der Waals surface area contributed by atoms with E-state index in [1.54, 1.807) is 0 Å². The van der Waals surface area contributed by atoms with Crippen molar-refractivity contribution in [3.8, 4) is 11.4 Å². The van der Waals surface area contributed by atoms with Crippen molar-refractivity contribution in [1.82, 2.24) is 20.2 Å². The molecule has 1 aliphatic rings. The summed E-state index contributed by atoms with van der Waals surface area (Å²) in [7, 11) is 0. The van der Waals surface area contributed by atoms with Crippen LogP contribution in [0.2, 0.25) is 5.02 Å². The first kappa shape index (κ1) is 24.0. The van der Waals surface area contributed by atoms with Crippen LogP contribution in [0.15, 0.2) is 54.6 Å². The zero-order valence-corrected chi connectivity index (χ0v) is 20.7. The Morgan fingerprint density at radius 2 is 1.71 bits per heavy atom. The predicted molar refractivity (Wildman–Crippen MR) is 139 cm³/mol. The summed E-state index contributed by atoms with van der Waals surface area (Å²) in [5, 5.41) is 3.75. The number of hydrogen-bond donors (Lipinski definition) is 1. The van der Waals surface area contributed by atoms with Crippen molar-refractivity contribution >= 4 is 23.4 Å². The number of aryl methyl sites for hydroxylation is 1. The maximum Gasteiger partial charge on any atom is 0.317 e. The summed E-state index contributed by atoms with van der Waals surface area (Å²) in [6.45, 7) is 7.72. The first-order chi connectivity index (χ1) is 16.5. The van der Waals surface area contributed by atoms with E-state index in [0.29, 0.717) is 13.1 Å². The Morgan fingerprint density at radius 3 is 2.38 bits per heavy atom. The molecule has 0 unspecified atom stereocenters. The van der Waals surface area contributed by atoms with E-state index in [1.807, 2.05) is 47.4 Å². The number of nitrogens with zero attached hydrogens (tertiary/aromatic N) is 4. The maximum atomic E-state index is 12.5. The van der Waals surface area contributed by atoms with E-state index in [9.17, 15) is 4.79 Å². The number of carbonyl (C=O) groups excluding carboxylic acids is 1. The van der Waals surface area contributed by atoms with Crippen LogP contribution in [0.3, 0.4) is 0 Å². The van der Waals surface area contributed by atoms with Crippen molar-refractivity contribution in [2.75, 3.05) is 37.6 Å². The number of amides is 2. The Balaban J connectivity index is 1.59. The minimum absolute atomic E-state index is 0.0262. The number of halogens is 1. The number of carbonyl (C=O) groups is 1. The molecule has 1 fully saturated rings. The lowest BCUT2D eigenvalue weighted by molar-refractivity contribution is 0.194. The molecule has 3 aromatic rings. The Labute approximate surface area is 207 Å². The Hall–Kier alpha value is -3.12. The van der Waals surface area contributed by atoms with Crippen molar-refractivity contribution in [3.05, 3.63) is 76.4 Å². The van der Waals surface area contributed by atoms with Gasteiger partial charge in [0.2, 0.25) is 0 Å². The van der Waals surface area contributed by atoms with Crippen LogP contribution in [0, 0.1) is 6.92 Å². The first-order valence-corrected chi connectivity index (χ1v) is 12.4. The molecule has 0 atom stereocenters. The number of aromatic nitrogens is 2. The van der Waals surface area contributed by atoms with E-state index in [4.69, 9.17) is 21.6 Å². The average molecular weight is 478 g/mol. The highest BCUT2D eigenvalue weighted by Crippen LogP contribution is 2.28. The van der Waals surface area contributed by atoms with Gasteiger partial charge in [0.15, 0.2) is 5.82 Å². The van der Waals surface area contributed by atoms with Crippen LogP contribution < -0.4 is 10.2 Å². The number of hydrogen-bond acceptors (Lipinski definition) is 4. The van der Waals surface area contributed by atoms with Gasteiger partial charge < -0.3 is 15.1 Å². The van der Waals surface area contributed by atoms with Crippen molar-refractivity contribution in [3.63, 3.8) is 0 Å². The third-order valence-electron chi connectivity index (χ3n) is 6.19. The molecule has 2 heterocycles. The quantitative estimate of drug-likeness (QED) is 0.467. The maximum absolute atomic E-state index is 12.5. The lowest BCUT2D eigenvalue weighted by Crippen LogP contribution is -2.52. The fourth-order valence-corrected chi connectivity index (χ4v) is 4.30. The van der Waals surface area contributed by atoms with E-state index in [0.717, 1.165) is 72.4 Å². The molecule has 0 saturated carbocycles. The lowest BCUT2D eigenvalue weighted by Gasteiger charge is -2.36. The second-order valence-electron chi connectivity index (χ2n) is 8.66. The van der Waals surface area contributed by atoms with E-state index in [1.165, 1.54) is 5.56 Å². The normalized spacial score (nSPS) is 13.7. The Bertz CT molecular complexity index is 1100. The van der Waals surface area contributed by atoms with E-state index >= 15 is 0 Å². The molecule has 178 valence electrons. The molecule has 7 heteroatoms. The van der Waals surface area contributed by atoms with Crippen LogP contribution in [0.25, 0.3) is 11.4 Å². The van der Waals surface area contributed by atoms with E-state index < -0.39 is 0 Å². The Kier molecular flexibility index (Phi) is 8.01. The van der Waals surface area contributed by atoms with Gasteiger partial charge in [-0.3, -0.25) is 0 Å². The summed E-state index contributed by atoms with van der Waals surface area (Å²) in [5.41, 5.74) is 4.25. The molecule has 34 heavy (non-hydrogen) atoms. The molecule has 0 radical (unpaired) electrons. The van der Waals surface area contributed by atoms with Crippen LogP contribution >= 0.6 is 11.6 Å². The van der Waals surface area contributed by atoms with E-state index in [-0.39, 0.29) is 6.03 Å². The van der Waals surface area contributed by atoms with Crippen LogP contribution in [0.1, 0.15) is 36.6 Å². The fourth-order valence-electron chi connectivity index (χ4n) is 4.18. The highest BCUT2D eigenvalue weighted by Gasteiger charge is 2.25. The third-order valence-corrected chi connectivity index (χ3v) is 6.44. The van der Waals surface area contributed by atoms with Crippen LogP contribution in [-0.4, -0.2) is 53.6 Å². The molecule has 6 nitrogen and oxygen atoms in total. The van der Waals surface area contributed by atoms with Gasteiger partial charge in [0.05, 0.1) is 0 Å². The first-order valence-electron chi connectivity index (χ1n) is 12.0. The molecule has 0 aliphatic carbocycles. The van der Waals surface area contributed by atoms with E-state index in [2.05, 4.69) is 36.2 Å². The number of rotatable bonds is 7. The van der Waals surface area contributed by atoms with Gasteiger partial charge in [0, 0.05) is 61.0 Å². The molecular weight excluding hydrogens is 446 g/mol. The predicted octanol–water partition coefficient (Wildman–Crippen LogP) is 5.33. The molecule has 0 spiro atoms. The Morgan fingerprint density at radius 1 is 1.00 bits per heavy atom. The smallest absolute Gasteiger partial charge is 0.317 e. The molecular formula is C27H32ClN5O. The van der Waals surface area contributed by atoms with Gasteiger partial charge in [-0.05, 0) is 31.0 Å². The minimum Gasteiger partial charge on any atom is -0.353 e. The monoisotopic (exact) mass is 477 g/mol. The van der Waals surface area contributed by atoms with Crippen molar-refractivity contribution < 1.29 is 4.79 Å². The van der Waals surface area contributed by atoms with Crippen molar-refractivity contribution in [1.29, 1.82) is 0 Å². The summed E-state index contributed by atoms with van der Waals surface area (Å²) in [4.78, 5) is 26.6. The average Bonchev–Trinajstić information content (AvgIpc) is 2.87. The van der Waals surface area contributed by atoms with Crippen LogP contribution in [0.5, 0.6) is 0 Å². The summed E-state index contributed by atoms with van der Waals surface area (Å²) in [5.74, 6) is 1.68. The zero-order chi connectivity index (χ0) is 23.9. The molecule has 2 amide bonds. The minimum atomic E-state index is 0.0262. The van der Waals surface area contributed by atoms with Crippen molar-refractivity contribution in [2.24, 2.45) is 0 Å². The number of nitrogens with one attached hydrogen (secondary N) is 1. The van der Waals surface area contributed by atoms with Gasteiger partial charge in [-0.2, -0.15) is 0 Å². The summed E-state index contributed by atoms with van der Waals surface area (Å²) in [6.07, 6.45) is 2.80. The third kappa shape index (κ3) is 5.86. The SMILES string of the molecule is CCCCNC(=O)N1CCN(c2nc(-c3ccccc3)nc(C)c2Cc2ccc(Cl)cc2)CC1. The number of benzene rings is 2. The largest absolute Gasteiger partial charge is 0.353 e. The molecule has 1 aromatic heterocycles. The number of urea groups is 1. The summed E-state index contributed by atoms with van der Waals surface area (Å²) >= 11 is 6.10. The molecule has 0 bridgehead atoms. The number of piperazine rings is 1. The van der Waals surface area contributed by atoms with Crippen molar-refractivity contribution in [2.45, 2.75) is 33.1 Å². The van der Waals surface area contributed by atoms with Gasteiger partial charge in [-0.15, -0.1) is 0 Å². The topological polar surface area (TPSA) is 61.4 Å². The molecule has 1 aliphatic heterocycles. The van der Waals surface area contributed by atoms with Gasteiger partial charge in [0.1, 0.15) is 5.82 Å². The molecule has 1 saturated heterocycles. The fraction of sp³-hybridized carbons (Fsp3) is 0.370. The van der Waals surface area contributed by atoms with Crippen LogP contribution in [-0.2, 0) is 6.42 Å². The van der Waals surface area contributed by atoms with Gasteiger partial charge in [-0.25, -0.2) is 14.8 Å². The second kappa shape index (κ2) is 11.3. The van der Waals surface area contributed by atoms with Gasteiger partial charge in [-0.1, -0.05) is 67.4 Å². The summed E-state index contributed by atoms with van der Waals surface area (Å²) < 4.78 is 0. The second-order valence-corrected chi connectivity index (χ2v) is 9.10. The van der Waals surface area contributed by atoms with Crippen LogP contribution in [0.4, 0.5) is 10.6 Å². The lowest BCUT2D eigenvalue weighted by atomic mass is 10.0. The van der Waals surface area contributed by atoms with Gasteiger partial charge >= 0.3 is 6.03 Å². The molecule has 1 N–H and O–H groups in total.